The third-order valence-corrected chi connectivity index (χ3v) is 5.69. The average molecular weight is 445 g/mol. The number of aromatic nitrogens is 3. The van der Waals surface area contributed by atoms with Crippen molar-refractivity contribution in [2.45, 2.75) is 30.8 Å². The third kappa shape index (κ3) is 4.18. The van der Waals surface area contributed by atoms with Crippen LogP contribution < -0.4 is 5.69 Å². The molecule has 1 N–H and O–H groups in total. The molecule has 31 heavy (non-hydrogen) atoms. The van der Waals surface area contributed by atoms with E-state index in [9.17, 15) is 23.1 Å². The topological polar surface area (TPSA) is 60.0 Å². The number of alkyl halides is 3. The predicted molar refractivity (Wildman–Crippen MR) is 114 cm³/mol. The minimum Gasteiger partial charge on any atom is -0.493 e. The van der Waals surface area contributed by atoms with Gasteiger partial charge in [0.05, 0.1) is 23.4 Å². The Morgan fingerprint density at radius 2 is 1.74 bits per heavy atom. The smallest absolute Gasteiger partial charge is 0.446 e. The van der Waals surface area contributed by atoms with Crippen LogP contribution in [-0.4, -0.2) is 24.7 Å². The van der Waals surface area contributed by atoms with Gasteiger partial charge in [-0.05, 0) is 67.6 Å². The van der Waals surface area contributed by atoms with E-state index in [4.69, 9.17) is 0 Å². The maximum absolute atomic E-state index is 13.1. The van der Waals surface area contributed by atoms with Crippen LogP contribution in [0, 0.1) is 13.8 Å². The van der Waals surface area contributed by atoms with Gasteiger partial charge in [-0.25, -0.2) is 9.36 Å². The van der Waals surface area contributed by atoms with Crippen molar-refractivity contribution in [2.24, 2.45) is 0 Å². The molecule has 4 rings (SSSR count). The van der Waals surface area contributed by atoms with Crippen molar-refractivity contribution in [3.05, 3.63) is 82.0 Å². The second-order valence-electron chi connectivity index (χ2n) is 7.09. The quantitative estimate of drug-likeness (QED) is 0.441. The van der Waals surface area contributed by atoms with Crippen molar-refractivity contribution in [3.63, 3.8) is 0 Å². The summed E-state index contributed by atoms with van der Waals surface area (Å²) < 4.78 is 40.2. The fourth-order valence-electron chi connectivity index (χ4n) is 3.55. The first kappa shape index (κ1) is 21.0. The van der Waals surface area contributed by atoms with E-state index in [0.717, 1.165) is 26.7 Å². The zero-order valence-corrected chi connectivity index (χ0v) is 17.5. The summed E-state index contributed by atoms with van der Waals surface area (Å²) in [6, 6.07) is 14.8. The first-order valence-electron chi connectivity index (χ1n) is 9.36. The molecule has 0 unspecified atom stereocenters. The first-order valence-corrected chi connectivity index (χ1v) is 10.2. The van der Waals surface area contributed by atoms with E-state index in [1.165, 1.54) is 28.8 Å². The Hall–Kier alpha value is -3.20. The number of halogens is 3. The average Bonchev–Trinajstić information content (AvgIpc) is 2.91. The lowest BCUT2D eigenvalue weighted by atomic mass is 10.1. The fourth-order valence-corrected chi connectivity index (χ4v) is 4.09. The monoisotopic (exact) mass is 445 g/mol. The number of nitrogens with zero attached hydrogens (tertiary/aromatic N) is 3. The van der Waals surface area contributed by atoms with Crippen LogP contribution in [-0.2, 0) is 6.54 Å². The second-order valence-corrected chi connectivity index (χ2v) is 8.23. The molecule has 0 bridgehead atoms. The molecule has 0 radical (unpaired) electrons. The number of para-hydroxylation sites is 1. The van der Waals surface area contributed by atoms with E-state index in [2.05, 4.69) is 4.98 Å². The van der Waals surface area contributed by atoms with Gasteiger partial charge in [-0.2, -0.15) is 13.2 Å². The molecule has 0 aliphatic heterocycles. The largest absolute Gasteiger partial charge is 0.493 e. The summed E-state index contributed by atoms with van der Waals surface area (Å²) >= 11 is -0.235. The predicted octanol–water partition coefficient (Wildman–Crippen LogP) is 5.17. The molecule has 9 heteroatoms. The molecular formula is C22H18F3N3O2S. The number of benzene rings is 2. The molecule has 160 valence electrons. The molecule has 0 aliphatic carbocycles. The highest BCUT2D eigenvalue weighted by molar-refractivity contribution is 8.00. The van der Waals surface area contributed by atoms with Crippen molar-refractivity contribution >= 4 is 22.7 Å². The minimum atomic E-state index is -4.40. The summed E-state index contributed by atoms with van der Waals surface area (Å²) in [5.41, 5.74) is -1.74. The standard InChI is InChI=1S/C22H18F3N3O2S/c1-13-11-15(18-5-3-4-6-19(18)26-13)12-27-14(2)20(29)28(21(27)30)16-7-9-17(10-8-16)31-22(23,24)25/h3-11,29H,12H2,1-2H3. The Balaban J connectivity index is 1.75. The van der Waals surface area contributed by atoms with Crippen LogP contribution in [0.15, 0.2) is 64.3 Å². The summed E-state index contributed by atoms with van der Waals surface area (Å²) in [7, 11) is 0. The Labute approximate surface area is 179 Å². The number of aryl methyl sites for hydroxylation is 1. The Kier molecular flexibility index (Phi) is 5.30. The summed E-state index contributed by atoms with van der Waals surface area (Å²) in [4.78, 5) is 17.6. The van der Waals surface area contributed by atoms with Crippen LogP contribution in [0.5, 0.6) is 5.88 Å². The number of pyridine rings is 1. The molecule has 0 aliphatic rings. The number of rotatable bonds is 4. The molecule has 0 fully saturated rings. The lowest BCUT2D eigenvalue weighted by molar-refractivity contribution is -0.0328. The second kappa shape index (κ2) is 7.81. The summed E-state index contributed by atoms with van der Waals surface area (Å²) in [6.07, 6.45) is 0. The number of fused-ring (bicyclic) bond motifs is 1. The van der Waals surface area contributed by atoms with E-state index in [0.29, 0.717) is 5.69 Å². The molecule has 0 saturated carbocycles. The molecule has 0 saturated heterocycles. The van der Waals surface area contributed by atoms with E-state index < -0.39 is 11.2 Å². The van der Waals surface area contributed by atoms with Gasteiger partial charge in [0, 0.05) is 16.0 Å². The third-order valence-electron chi connectivity index (χ3n) is 4.95. The lowest BCUT2D eigenvalue weighted by Gasteiger charge is -2.09. The van der Waals surface area contributed by atoms with Gasteiger partial charge in [0.1, 0.15) is 0 Å². The Morgan fingerprint density at radius 1 is 1.06 bits per heavy atom. The van der Waals surface area contributed by atoms with E-state index >= 15 is 0 Å². The van der Waals surface area contributed by atoms with Gasteiger partial charge in [-0.1, -0.05) is 18.2 Å². The van der Waals surface area contributed by atoms with Gasteiger partial charge in [0.2, 0.25) is 5.88 Å². The van der Waals surface area contributed by atoms with Crippen molar-refractivity contribution in [2.75, 3.05) is 0 Å². The summed E-state index contributed by atoms with van der Waals surface area (Å²) in [5.74, 6) is -0.253. The highest BCUT2D eigenvalue weighted by atomic mass is 32.2. The molecule has 0 spiro atoms. The zero-order chi connectivity index (χ0) is 22.3. The van der Waals surface area contributed by atoms with Gasteiger partial charge in [0.25, 0.3) is 0 Å². The molecule has 2 heterocycles. The van der Waals surface area contributed by atoms with E-state index in [1.54, 1.807) is 6.92 Å². The van der Waals surface area contributed by atoms with Crippen LogP contribution in [0.3, 0.4) is 0 Å². The normalized spacial score (nSPS) is 11.9. The molecule has 2 aromatic heterocycles. The highest BCUT2D eigenvalue weighted by Gasteiger charge is 2.29. The first-order chi connectivity index (χ1) is 14.6. The maximum atomic E-state index is 13.1. The minimum absolute atomic E-state index is 0.00123. The van der Waals surface area contributed by atoms with Crippen molar-refractivity contribution in [3.8, 4) is 11.6 Å². The van der Waals surface area contributed by atoms with E-state index in [1.807, 2.05) is 37.3 Å². The summed E-state index contributed by atoms with van der Waals surface area (Å²) in [6.45, 7) is 3.71. The Bertz CT molecular complexity index is 1330. The van der Waals surface area contributed by atoms with Gasteiger partial charge in [-0.15, -0.1) is 0 Å². The van der Waals surface area contributed by atoms with Crippen LogP contribution in [0.4, 0.5) is 13.2 Å². The highest BCUT2D eigenvalue weighted by Crippen LogP contribution is 2.37. The van der Waals surface area contributed by atoms with Gasteiger partial charge in [0.15, 0.2) is 0 Å². The van der Waals surface area contributed by atoms with Crippen LogP contribution >= 0.6 is 11.8 Å². The van der Waals surface area contributed by atoms with Gasteiger partial charge >= 0.3 is 11.2 Å². The van der Waals surface area contributed by atoms with Gasteiger partial charge < -0.3 is 5.11 Å². The van der Waals surface area contributed by atoms with Crippen molar-refractivity contribution in [1.82, 2.24) is 14.1 Å². The number of hydrogen-bond donors (Lipinski definition) is 1. The van der Waals surface area contributed by atoms with E-state index in [-0.39, 0.29) is 34.8 Å². The number of aromatic hydroxyl groups is 1. The molecule has 0 atom stereocenters. The Morgan fingerprint density at radius 3 is 2.42 bits per heavy atom. The molecular weight excluding hydrogens is 427 g/mol. The maximum Gasteiger partial charge on any atom is 0.446 e. The van der Waals surface area contributed by atoms with Gasteiger partial charge in [-0.3, -0.25) is 9.55 Å². The van der Waals surface area contributed by atoms with Crippen LogP contribution in [0.25, 0.3) is 16.6 Å². The van der Waals surface area contributed by atoms with Crippen LogP contribution in [0.2, 0.25) is 0 Å². The molecule has 5 nitrogen and oxygen atoms in total. The van der Waals surface area contributed by atoms with Crippen molar-refractivity contribution < 1.29 is 18.3 Å². The molecule has 2 aromatic carbocycles. The molecule has 4 aromatic rings. The van der Waals surface area contributed by atoms with Crippen LogP contribution in [0.1, 0.15) is 17.0 Å². The number of thioether (sulfide) groups is 1. The zero-order valence-electron chi connectivity index (χ0n) is 16.6. The lowest BCUT2D eigenvalue weighted by Crippen LogP contribution is -2.24. The fraction of sp³-hybridized carbons (Fsp3) is 0.182. The number of hydrogen-bond acceptors (Lipinski definition) is 4. The van der Waals surface area contributed by atoms with Crippen molar-refractivity contribution in [1.29, 1.82) is 0 Å². The SMILES string of the molecule is Cc1cc(Cn2c(C)c(O)n(-c3ccc(SC(F)(F)F)cc3)c2=O)c2ccccc2n1. The summed E-state index contributed by atoms with van der Waals surface area (Å²) in [5, 5.41) is 11.5. The molecule has 0 amide bonds. The number of imidazole rings is 1.